The predicted octanol–water partition coefficient (Wildman–Crippen LogP) is 1.28. The summed E-state index contributed by atoms with van der Waals surface area (Å²) >= 11 is 0. The maximum absolute atomic E-state index is 12.2. The van der Waals surface area contributed by atoms with Crippen LogP contribution in [0.1, 0.15) is 26.7 Å². The van der Waals surface area contributed by atoms with Gasteiger partial charge in [0.15, 0.2) is 0 Å². The van der Waals surface area contributed by atoms with Crippen LogP contribution in [0.5, 0.6) is 5.75 Å². The summed E-state index contributed by atoms with van der Waals surface area (Å²) in [7, 11) is -2.22. The molecule has 2 N–H and O–H groups in total. The molecule has 1 amide bonds. The third-order valence-corrected chi connectivity index (χ3v) is 5.60. The minimum Gasteiger partial charge on any atom is -0.497 e. The summed E-state index contributed by atoms with van der Waals surface area (Å²) in [5.41, 5.74) is 0. The second kappa shape index (κ2) is 6.66. The molecule has 3 atom stereocenters. The Hall–Kier alpha value is -1.60. The zero-order valence-electron chi connectivity index (χ0n) is 13.0. The quantitative estimate of drug-likeness (QED) is 0.825. The van der Waals surface area contributed by atoms with Crippen LogP contribution >= 0.6 is 0 Å². The number of benzene rings is 1. The number of carbonyl (C=O) groups excluding carboxylic acids is 1. The lowest BCUT2D eigenvalue weighted by atomic mass is 9.81. The highest BCUT2D eigenvalue weighted by atomic mass is 32.2. The van der Waals surface area contributed by atoms with Crippen LogP contribution in [0.4, 0.5) is 0 Å². The molecule has 22 heavy (non-hydrogen) atoms. The minimum atomic E-state index is -3.73. The van der Waals surface area contributed by atoms with Crippen LogP contribution < -0.4 is 14.8 Å². The van der Waals surface area contributed by atoms with Crippen LogP contribution in [0.15, 0.2) is 29.2 Å². The molecule has 0 spiro atoms. The van der Waals surface area contributed by atoms with Crippen molar-refractivity contribution in [3.05, 3.63) is 24.3 Å². The van der Waals surface area contributed by atoms with Crippen molar-refractivity contribution < 1.29 is 17.9 Å². The summed E-state index contributed by atoms with van der Waals surface area (Å²) in [5, 5.41) is 2.87. The van der Waals surface area contributed by atoms with Crippen molar-refractivity contribution in [2.24, 2.45) is 5.92 Å². The third-order valence-electron chi connectivity index (χ3n) is 4.04. The summed E-state index contributed by atoms with van der Waals surface area (Å²) in [4.78, 5) is 12.1. The molecule has 0 radical (unpaired) electrons. The third kappa shape index (κ3) is 3.78. The number of sulfonamides is 1. The van der Waals surface area contributed by atoms with Crippen LogP contribution in [0.3, 0.4) is 0 Å². The topological polar surface area (TPSA) is 84.5 Å². The van der Waals surface area contributed by atoms with E-state index in [9.17, 15) is 13.2 Å². The molecule has 1 aliphatic carbocycles. The van der Waals surface area contributed by atoms with E-state index in [4.69, 9.17) is 4.74 Å². The Labute approximate surface area is 131 Å². The highest BCUT2D eigenvalue weighted by Crippen LogP contribution is 2.26. The van der Waals surface area contributed by atoms with Gasteiger partial charge in [0.2, 0.25) is 15.9 Å². The van der Waals surface area contributed by atoms with Gasteiger partial charge in [0.05, 0.1) is 18.0 Å². The van der Waals surface area contributed by atoms with Crippen LogP contribution in [0.2, 0.25) is 0 Å². The van der Waals surface area contributed by atoms with Gasteiger partial charge in [-0.15, -0.1) is 0 Å². The molecule has 0 saturated heterocycles. The molecule has 2 rings (SSSR count). The van der Waals surface area contributed by atoms with Crippen molar-refractivity contribution >= 4 is 15.9 Å². The van der Waals surface area contributed by atoms with Crippen LogP contribution in [0.25, 0.3) is 0 Å². The van der Waals surface area contributed by atoms with Gasteiger partial charge in [0, 0.05) is 6.04 Å². The molecule has 1 aromatic rings. The fourth-order valence-corrected chi connectivity index (χ4v) is 3.50. The maximum atomic E-state index is 12.2. The van der Waals surface area contributed by atoms with Gasteiger partial charge in [-0.2, -0.15) is 4.72 Å². The minimum absolute atomic E-state index is 0.102. The van der Waals surface area contributed by atoms with Crippen LogP contribution in [-0.2, 0) is 14.8 Å². The Morgan fingerprint density at radius 3 is 2.36 bits per heavy atom. The molecular weight excluding hydrogens is 304 g/mol. The monoisotopic (exact) mass is 326 g/mol. The van der Waals surface area contributed by atoms with E-state index in [1.807, 2.05) is 0 Å². The molecule has 1 aliphatic rings. The van der Waals surface area contributed by atoms with E-state index in [1.165, 1.54) is 19.2 Å². The average molecular weight is 326 g/mol. The summed E-state index contributed by atoms with van der Waals surface area (Å²) in [5.74, 6) is 0.728. The number of rotatable bonds is 6. The van der Waals surface area contributed by atoms with E-state index < -0.39 is 16.1 Å². The first-order valence-electron chi connectivity index (χ1n) is 7.30. The molecule has 1 fully saturated rings. The SMILES string of the molecule is COc1ccc(S(=O)(=O)N[C@@H](C)C(=O)NC2CCC2C)cc1. The highest BCUT2D eigenvalue weighted by Gasteiger charge is 2.30. The van der Waals surface area contributed by atoms with Gasteiger partial charge in [-0.1, -0.05) is 6.92 Å². The highest BCUT2D eigenvalue weighted by molar-refractivity contribution is 7.89. The van der Waals surface area contributed by atoms with Crippen molar-refractivity contribution in [1.82, 2.24) is 10.0 Å². The first kappa shape index (κ1) is 16.8. The lowest BCUT2D eigenvalue weighted by molar-refractivity contribution is -0.124. The van der Waals surface area contributed by atoms with Crippen molar-refractivity contribution in [2.45, 2.75) is 43.7 Å². The summed E-state index contributed by atoms with van der Waals surface area (Å²) in [6.07, 6.45) is 2.04. The zero-order chi connectivity index (χ0) is 16.3. The lowest BCUT2D eigenvalue weighted by Gasteiger charge is -2.35. The normalized spacial score (nSPS) is 22.5. The lowest BCUT2D eigenvalue weighted by Crippen LogP contribution is -2.52. The summed E-state index contributed by atoms with van der Waals surface area (Å²) in [6.45, 7) is 3.61. The fourth-order valence-electron chi connectivity index (χ4n) is 2.30. The Balaban J connectivity index is 1.98. The number of amides is 1. The first-order chi connectivity index (χ1) is 10.3. The molecule has 0 aliphatic heterocycles. The number of hydrogen-bond acceptors (Lipinski definition) is 4. The molecule has 1 saturated carbocycles. The van der Waals surface area contributed by atoms with E-state index in [-0.39, 0.29) is 16.8 Å². The molecule has 122 valence electrons. The van der Waals surface area contributed by atoms with E-state index in [1.54, 1.807) is 19.1 Å². The Morgan fingerprint density at radius 2 is 1.91 bits per heavy atom. The number of carbonyl (C=O) groups is 1. The molecule has 2 unspecified atom stereocenters. The largest absolute Gasteiger partial charge is 0.497 e. The molecule has 0 heterocycles. The number of nitrogens with one attached hydrogen (secondary N) is 2. The summed E-state index contributed by atoms with van der Waals surface area (Å²) in [6, 6.07) is 5.35. The van der Waals surface area contributed by atoms with Crippen LogP contribution in [-0.4, -0.2) is 33.5 Å². The molecule has 0 bridgehead atoms. The number of ether oxygens (including phenoxy) is 1. The second-order valence-electron chi connectivity index (χ2n) is 5.69. The van der Waals surface area contributed by atoms with Crippen molar-refractivity contribution in [3.8, 4) is 5.75 Å². The van der Waals surface area contributed by atoms with Gasteiger partial charge in [0.25, 0.3) is 0 Å². The smallest absolute Gasteiger partial charge is 0.241 e. The first-order valence-corrected chi connectivity index (χ1v) is 8.78. The van der Waals surface area contributed by atoms with Gasteiger partial charge in [-0.3, -0.25) is 4.79 Å². The predicted molar refractivity (Wildman–Crippen MR) is 83.1 cm³/mol. The molecule has 0 aromatic heterocycles. The van der Waals surface area contributed by atoms with Crippen molar-refractivity contribution in [1.29, 1.82) is 0 Å². The molecule has 1 aromatic carbocycles. The Bertz CT molecular complexity index is 627. The summed E-state index contributed by atoms with van der Waals surface area (Å²) < 4.78 is 31.9. The van der Waals surface area contributed by atoms with Gasteiger partial charge in [-0.05, 0) is 49.9 Å². The van der Waals surface area contributed by atoms with Gasteiger partial charge < -0.3 is 10.1 Å². The zero-order valence-corrected chi connectivity index (χ0v) is 13.8. The molecular formula is C15H22N2O4S. The van der Waals surface area contributed by atoms with E-state index in [2.05, 4.69) is 17.0 Å². The fraction of sp³-hybridized carbons (Fsp3) is 0.533. The Kier molecular flexibility index (Phi) is 5.08. The maximum Gasteiger partial charge on any atom is 0.241 e. The number of methoxy groups -OCH3 is 1. The van der Waals surface area contributed by atoms with Crippen molar-refractivity contribution in [3.63, 3.8) is 0 Å². The van der Waals surface area contributed by atoms with E-state index >= 15 is 0 Å². The van der Waals surface area contributed by atoms with Gasteiger partial charge >= 0.3 is 0 Å². The van der Waals surface area contributed by atoms with E-state index in [0.717, 1.165) is 12.8 Å². The van der Waals surface area contributed by atoms with Gasteiger partial charge in [-0.25, -0.2) is 8.42 Å². The molecule has 7 heteroatoms. The van der Waals surface area contributed by atoms with Crippen LogP contribution in [0, 0.1) is 5.92 Å². The average Bonchev–Trinajstić information content (AvgIpc) is 2.50. The van der Waals surface area contributed by atoms with E-state index in [0.29, 0.717) is 11.7 Å². The molecule has 6 nitrogen and oxygen atoms in total. The number of hydrogen-bond donors (Lipinski definition) is 2. The van der Waals surface area contributed by atoms with Gasteiger partial charge in [0.1, 0.15) is 5.75 Å². The Morgan fingerprint density at radius 1 is 1.27 bits per heavy atom. The standard InChI is InChI=1S/C15H22N2O4S/c1-10-4-9-14(10)16-15(18)11(2)17-22(19,20)13-7-5-12(21-3)6-8-13/h5-8,10-11,14,17H,4,9H2,1-3H3,(H,16,18)/t10?,11-,14?/m0/s1. The van der Waals surface area contributed by atoms with Crippen molar-refractivity contribution in [2.75, 3.05) is 7.11 Å². The second-order valence-corrected chi connectivity index (χ2v) is 7.40.